The van der Waals surface area contributed by atoms with Crippen LogP contribution in [0.5, 0.6) is 0 Å². The predicted octanol–water partition coefficient (Wildman–Crippen LogP) is 5.48. The lowest BCUT2D eigenvalue weighted by Crippen LogP contribution is -2.04. The summed E-state index contributed by atoms with van der Waals surface area (Å²) in [5, 5.41) is 35.8. The van der Waals surface area contributed by atoms with Crippen molar-refractivity contribution in [1.82, 2.24) is 0 Å². The highest BCUT2D eigenvalue weighted by molar-refractivity contribution is 5.68. The normalized spacial score (nSPS) is 13.2. The second-order valence-corrected chi connectivity index (χ2v) is 7.62. The molecule has 0 radical (unpaired) electrons. The molecule has 0 fully saturated rings. The van der Waals surface area contributed by atoms with Crippen LogP contribution in [0.25, 0.3) is 0 Å². The van der Waals surface area contributed by atoms with E-state index in [0.717, 1.165) is 25.7 Å². The summed E-state index contributed by atoms with van der Waals surface area (Å²) in [5.41, 5.74) is 0. The van der Waals surface area contributed by atoms with Gasteiger partial charge in [0.25, 0.3) is 0 Å². The van der Waals surface area contributed by atoms with E-state index < -0.39 is 11.9 Å². The van der Waals surface area contributed by atoms with Crippen LogP contribution in [0, 0.1) is 0 Å². The van der Waals surface area contributed by atoms with Crippen LogP contribution in [0.3, 0.4) is 0 Å². The summed E-state index contributed by atoms with van der Waals surface area (Å²) in [6.45, 7) is 4.32. The predicted molar refractivity (Wildman–Crippen MR) is 122 cm³/mol. The lowest BCUT2D eigenvalue weighted by molar-refractivity contribution is -0.137. The largest absolute Gasteiger partial charge is 0.481 e. The molecule has 0 saturated carbocycles. The Labute approximate surface area is 182 Å². The van der Waals surface area contributed by atoms with E-state index in [9.17, 15) is 19.8 Å². The molecule has 6 nitrogen and oxygen atoms in total. The molecule has 4 N–H and O–H groups in total. The van der Waals surface area contributed by atoms with Crippen molar-refractivity contribution in [3.63, 3.8) is 0 Å². The van der Waals surface area contributed by atoms with E-state index in [1.54, 1.807) is 24.3 Å². The zero-order valence-electron chi connectivity index (χ0n) is 19.0. The summed E-state index contributed by atoms with van der Waals surface area (Å²) < 4.78 is 0. The van der Waals surface area contributed by atoms with Crippen molar-refractivity contribution in [2.75, 3.05) is 0 Å². The maximum absolute atomic E-state index is 10.2. The van der Waals surface area contributed by atoms with Crippen LogP contribution in [0.4, 0.5) is 0 Å². The quantitative estimate of drug-likeness (QED) is 0.170. The molecular formula is C24H44O6. The average Bonchev–Trinajstić information content (AvgIpc) is 2.69. The second-order valence-electron chi connectivity index (χ2n) is 7.62. The van der Waals surface area contributed by atoms with Gasteiger partial charge in [0.05, 0.1) is 25.0 Å². The second kappa shape index (κ2) is 23.6. The Morgan fingerprint density at radius 3 is 1.30 bits per heavy atom. The molecule has 0 aliphatic carbocycles. The zero-order valence-corrected chi connectivity index (χ0v) is 19.0. The highest BCUT2D eigenvalue weighted by Gasteiger charge is 2.01. The number of unbranched alkanes of at least 4 members (excludes halogenated alkanes) is 6. The van der Waals surface area contributed by atoms with Crippen molar-refractivity contribution < 1.29 is 30.0 Å². The third kappa shape index (κ3) is 28.5. The van der Waals surface area contributed by atoms with Gasteiger partial charge < -0.3 is 20.4 Å². The molecule has 0 saturated heterocycles. The fourth-order valence-corrected chi connectivity index (χ4v) is 2.72. The number of carbonyl (C=O) groups is 2. The molecule has 30 heavy (non-hydrogen) atoms. The number of aliphatic hydroxyl groups is 2. The third-order valence-electron chi connectivity index (χ3n) is 4.52. The molecular weight excluding hydrogens is 384 g/mol. The lowest BCUT2D eigenvalue weighted by Gasteiger charge is -2.06. The maximum atomic E-state index is 10.2. The van der Waals surface area contributed by atoms with E-state index in [-0.39, 0.29) is 25.0 Å². The minimum absolute atomic E-state index is 0.0442. The van der Waals surface area contributed by atoms with Crippen LogP contribution in [0.15, 0.2) is 24.3 Å². The molecule has 176 valence electrons. The molecule has 0 aliphatic rings. The Hall–Kier alpha value is -1.66. The molecule has 0 aliphatic heterocycles. The Kier molecular flexibility index (Phi) is 24.0. The standard InChI is InChI=1S/2C12H22O3/c2*1-2-3-4-5-8-11(13)9-6-7-10-12(14)15/h2*6-7,11,13H,2-5,8-10H2,1H3,(H,14,15)/b2*7-6-. The minimum Gasteiger partial charge on any atom is -0.481 e. The first kappa shape index (κ1) is 30.5. The highest BCUT2D eigenvalue weighted by atomic mass is 16.4. The van der Waals surface area contributed by atoms with E-state index in [4.69, 9.17) is 10.2 Å². The van der Waals surface area contributed by atoms with Crippen molar-refractivity contribution in [2.24, 2.45) is 0 Å². The smallest absolute Gasteiger partial charge is 0.307 e. The summed E-state index contributed by atoms with van der Waals surface area (Å²) in [7, 11) is 0. The van der Waals surface area contributed by atoms with E-state index in [2.05, 4.69) is 13.8 Å². The third-order valence-corrected chi connectivity index (χ3v) is 4.52. The molecule has 2 unspecified atom stereocenters. The van der Waals surface area contributed by atoms with E-state index in [1.165, 1.54) is 38.5 Å². The Bertz CT molecular complexity index is 417. The molecule has 0 heterocycles. The molecule has 0 aromatic rings. The van der Waals surface area contributed by atoms with Gasteiger partial charge in [-0.15, -0.1) is 0 Å². The van der Waals surface area contributed by atoms with Crippen LogP contribution in [0.2, 0.25) is 0 Å². The first-order valence-corrected chi connectivity index (χ1v) is 11.4. The number of aliphatic hydroxyl groups excluding tert-OH is 2. The molecule has 0 bridgehead atoms. The Morgan fingerprint density at radius 1 is 0.633 bits per heavy atom. The van der Waals surface area contributed by atoms with Crippen molar-refractivity contribution in [2.45, 2.75) is 116 Å². The van der Waals surface area contributed by atoms with Gasteiger partial charge in [-0.2, -0.15) is 0 Å². The van der Waals surface area contributed by atoms with Gasteiger partial charge in [-0.05, 0) is 25.7 Å². The first-order valence-electron chi connectivity index (χ1n) is 11.4. The van der Waals surface area contributed by atoms with Gasteiger partial charge in [-0.25, -0.2) is 0 Å². The summed E-state index contributed by atoms with van der Waals surface area (Å²) in [6.07, 6.45) is 18.2. The number of rotatable bonds is 18. The number of hydrogen-bond donors (Lipinski definition) is 4. The lowest BCUT2D eigenvalue weighted by atomic mass is 10.1. The fraction of sp³-hybridized carbons (Fsp3) is 0.750. The summed E-state index contributed by atoms with van der Waals surface area (Å²) in [4.78, 5) is 20.3. The van der Waals surface area contributed by atoms with Crippen LogP contribution >= 0.6 is 0 Å². The van der Waals surface area contributed by atoms with Gasteiger partial charge in [0.2, 0.25) is 0 Å². The summed E-state index contributed by atoms with van der Waals surface area (Å²) >= 11 is 0. The van der Waals surface area contributed by atoms with Gasteiger partial charge in [-0.3, -0.25) is 9.59 Å². The van der Waals surface area contributed by atoms with E-state index >= 15 is 0 Å². The van der Waals surface area contributed by atoms with E-state index in [1.807, 2.05) is 0 Å². The fourth-order valence-electron chi connectivity index (χ4n) is 2.72. The van der Waals surface area contributed by atoms with E-state index in [0.29, 0.717) is 12.8 Å². The molecule has 0 spiro atoms. The number of carboxylic acid groups (broad SMARTS) is 2. The minimum atomic E-state index is -0.830. The molecule has 0 amide bonds. The number of carboxylic acids is 2. The average molecular weight is 429 g/mol. The first-order chi connectivity index (χ1) is 14.3. The van der Waals surface area contributed by atoms with Crippen LogP contribution in [-0.2, 0) is 9.59 Å². The molecule has 6 heteroatoms. The Balaban J connectivity index is 0. The van der Waals surface area contributed by atoms with Gasteiger partial charge >= 0.3 is 11.9 Å². The molecule has 0 aromatic carbocycles. The highest BCUT2D eigenvalue weighted by Crippen LogP contribution is 2.09. The van der Waals surface area contributed by atoms with Crippen molar-refractivity contribution >= 4 is 11.9 Å². The molecule has 0 rings (SSSR count). The van der Waals surface area contributed by atoms with Crippen LogP contribution in [-0.4, -0.2) is 44.6 Å². The van der Waals surface area contributed by atoms with Crippen molar-refractivity contribution in [1.29, 1.82) is 0 Å². The zero-order chi connectivity index (χ0) is 23.0. The van der Waals surface area contributed by atoms with Gasteiger partial charge in [0.1, 0.15) is 0 Å². The number of hydrogen-bond acceptors (Lipinski definition) is 4. The molecule has 2 atom stereocenters. The van der Waals surface area contributed by atoms with Crippen LogP contribution in [0.1, 0.15) is 104 Å². The Morgan fingerprint density at radius 2 is 1.00 bits per heavy atom. The number of aliphatic carboxylic acids is 2. The van der Waals surface area contributed by atoms with Crippen LogP contribution < -0.4 is 0 Å². The van der Waals surface area contributed by atoms with Gasteiger partial charge in [-0.1, -0.05) is 89.5 Å². The molecule has 0 aromatic heterocycles. The monoisotopic (exact) mass is 428 g/mol. The SMILES string of the molecule is CCCCCCC(O)C/C=C\CC(=O)O.CCCCCCC(O)C/C=C\CC(=O)O. The van der Waals surface area contributed by atoms with Crippen molar-refractivity contribution in [3.05, 3.63) is 24.3 Å². The topological polar surface area (TPSA) is 115 Å². The van der Waals surface area contributed by atoms with Crippen molar-refractivity contribution in [3.8, 4) is 0 Å². The maximum Gasteiger partial charge on any atom is 0.307 e. The summed E-state index contributed by atoms with van der Waals surface area (Å²) in [5.74, 6) is -1.66. The summed E-state index contributed by atoms with van der Waals surface area (Å²) in [6, 6.07) is 0. The van der Waals surface area contributed by atoms with Gasteiger partial charge in [0, 0.05) is 0 Å². The van der Waals surface area contributed by atoms with Gasteiger partial charge in [0.15, 0.2) is 0 Å².